The second kappa shape index (κ2) is 7.45. The van der Waals surface area contributed by atoms with Gasteiger partial charge in [0.2, 0.25) is 10.0 Å². The number of hydrogen-bond donors (Lipinski definition) is 0. The SMILES string of the molecule is CCCCS(=O)(=O)N(C)C(=O)/C=C/c1cccc(Cl)c1. The summed E-state index contributed by atoms with van der Waals surface area (Å²) in [7, 11) is -2.25. The standard InChI is InChI=1S/C14H18ClNO3S/c1-3-4-10-20(18,19)16(2)14(17)9-8-12-6-5-7-13(15)11-12/h5-9,11H,3-4,10H2,1-2H3/b9-8+. The van der Waals surface area contributed by atoms with E-state index in [2.05, 4.69) is 0 Å². The van der Waals surface area contributed by atoms with E-state index in [1.807, 2.05) is 6.92 Å². The Morgan fingerprint density at radius 1 is 1.40 bits per heavy atom. The molecule has 20 heavy (non-hydrogen) atoms. The monoisotopic (exact) mass is 315 g/mol. The van der Waals surface area contributed by atoms with E-state index in [-0.39, 0.29) is 5.75 Å². The number of rotatable bonds is 6. The Bertz CT molecular complexity index is 596. The van der Waals surface area contributed by atoms with Crippen LogP contribution in [0.2, 0.25) is 5.02 Å². The van der Waals surface area contributed by atoms with Gasteiger partial charge < -0.3 is 0 Å². The van der Waals surface area contributed by atoms with E-state index in [1.165, 1.54) is 13.1 Å². The third-order valence-corrected chi connectivity index (χ3v) is 4.80. The van der Waals surface area contributed by atoms with Crippen molar-refractivity contribution in [2.45, 2.75) is 19.8 Å². The molecule has 0 saturated heterocycles. The van der Waals surface area contributed by atoms with Gasteiger partial charge in [0.15, 0.2) is 0 Å². The second-order valence-electron chi connectivity index (χ2n) is 4.36. The summed E-state index contributed by atoms with van der Waals surface area (Å²) in [6, 6.07) is 6.95. The number of nitrogens with zero attached hydrogens (tertiary/aromatic N) is 1. The molecule has 0 N–H and O–H groups in total. The lowest BCUT2D eigenvalue weighted by Crippen LogP contribution is -2.33. The van der Waals surface area contributed by atoms with Crippen molar-refractivity contribution in [1.29, 1.82) is 0 Å². The second-order valence-corrected chi connectivity index (χ2v) is 6.92. The van der Waals surface area contributed by atoms with Crippen molar-refractivity contribution < 1.29 is 13.2 Å². The van der Waals surface area contributed by atoms with Gasteiger partial charge in [-0.05, 0) is 30.2 Å². The maximum Gasteiger partial charge on any atom is 0.259 e. The van der Waals surface area contributed by atoms with Crippen molar-refractivity contribution in [1.82, 2.24) is 4.31 Å². The van der Waals surface area contributed by atoms with E-state index in [0.29, 0.717) is 11.4 Å². The fourth-order valence-electron chi connectivity index (χ4n) is 1.48. The van der Waals surface area contributed by atoms with E-state index < -0.39 is 15.9 Å². The Kier molecular flexibility index (Phi) is 6.23. The average molecular weight is 316 g/mol. The van der Waals surface area contributed by atoms with Gasteiger partial charge in [0.25, 0.3) is 5.91 Å². The lowest BCUT2D eigenvalue weighted by molar-refractivity contribution is -0.120. The summed E-state index contributed by atoms with van der Waals surface area (Å²) >= 11 is 5.83. The van der Waals surface area contributed by atoms with Crippen molar-refractivity contribution in [3.8, 4) is 0 Å². The molecule has 0 atom stereocenters. The molecule has 0 aliphatic carbocycles. The zero-order valence-electron chi connectivity index (χ0n) is 11.5. The molecule has 0 unspecified atom stereocenters. The van der Waals surface area contributed by atoms with Gasteiger partial charge in [-0.25, -0.2) is 12.7 Å². The van der Waals surface area contributed by atoms with Crippen molar-refractivity contribution in [3.05, 3.63) is 40.9 Å². The van der Waals surface area contributed by atoms with Crippen LogP contribution in [0.4, 0.5) is 0 Å². The summed E-state index contributed by atoms with van der Waals surface area (Å²) in [6.45, 7) is 1.90. The maximum atomic E-state index is 11.8. The number of carbonyl (C=O) groups is 1. The van der Waals surface area contributed by atoms with Gasteiger partial charge in [-0.1, -0.05) is 37.1 Å². The first-order valence-electron chi connectivity index (χ1n) is 6.31. The van der Waals surface area contributed by atoms with Gasteiger partial charge in [-0.15, -0.1) is 0 Å². The molecule has 0 fully saturated rings. The molecule has 0 saturated carbocycles. The lowest BCUT2D eigenvalue weighted by atomic mass is 10.2. The van der Waals surface area contributed by atoms with Crippen LogP contribution in [-0.4, -0.2) is 31.4 Å². The molecule has 0 bridgehead atoms. The molecule has 0 aliphatic rings. The highest BCUT2D eigenvalue weighted by atomic mass is 35.5. The van der Waals surface area contributed by atoms with Gasteiger partial charge in [-0.2, -0.15) is 0 Å². The third kappa shape index (κ3) is 4.98. The highest BCUT2D eigenvalue weighted by Crippen LogP contribution is 2.12. The van der Waals surface area contributed by atoms with Crippen LogP contribution in [0.3, 0.4) is 0 Å². The van der Waals surface area contributed by atoms with Crippen molar-refractivity contribution in [2.75, 3.05) is 12.8 Å². The fourth-order valence-corrected chi connectivity index (χ4v) is 2.94. The molecule has 0 radical (unpaired) electrons. The van der Waals surface area contributed by atoms with Crippen LogP contribution in [0.1, 0.15) is 25.3 Å². The molecule has 0 spiro atoms. The van der Waals surface area contributed by atoms with Gasteiger partial charge in [0.05, 0.1) is 5.75 Å². The highest BCUT2D eigenvalue weighted by molar-refractivity contribution is 7.89. The molecular weight excluding hydrogens is 298 g/mol. The van der Waals surface area contributed by atoms with E-state index >= 15 is 0 Å². The lowest BCUT2D eigenvalue weighted by Gasteiger charge is -2.15. The quantitative estimate of drug-likeness (QED) is 0.758. The molecular formula is C14H18ClNO3S. The third-order valence-electron chi connectivity index (χ3n) is 2.75. The normalized spacial score (nSPS) is 11.8. The molecule has 0 aliphatic heterocycles. The molecule has 1 rings (SSSR count). The van der Waals surface area contributed by atoms with Gasteiger partial charge >= 0.3 is 0 Å². The maximum absolute atomic E-state index is 11.8. The molecule has 110 valence electrons. The molecule has 1 aromatic rings. The zero-order valence-corrected chi connectivity index (χ0v) is 13.1. The summed E-state index contributed by atoms with van der Waals surface area (Å²) in [5.74, 6) is -0.586. The molecule has 6 heteroatoms. The fraction of sp³-hybridized carbons (Fsp3) is 0.357. The minimum absolute atomic E-state index is 0.0171. The number of hydrogen-bond acceptors (Lipinski definition) is 3. The number of amides is 1. The minimum Gasteiger partial charge on any atom is -0.269 e. The van der Waals surface area contributed by atoms with Crippen LogP contribution in [0.15, 0.2) is 30.3 Å². The first kappa shape index (κ1) is 16.7. The molecule has 0 heterocycles. The number of carbonyl (C=O) groups excluding carboxylic acids is 1. The molecule has 4 nitrogen and oxygen atoms in total. The van der Waals surface area contributed by atoms with E-state index in [1.54, 1.807) is 30.3 Å². The molecule has 0 aromatic heterocycles. The van der Waals surface area contributed by atoms with E-state index in [4.69, 9.17) is 11.6 Å². The summed E-state index contributed by atoms with van der Waals surface area (Å²) in [5, 5.41) is 0.559. The van der Waals surface area contributed by atoms with Crippen LogP contribution in [0.5, 0.6) is 0 Å². The number of halogens is 1. The first-order chi connectivity index (χ1) is 9.36. The highest BCUT2D eigenvalue weighted by Gasteiger charge is 2.20. The Labute approximate surface area is 125 Å². The predicted molar refractivity (Wildman–Crippen MR) is 82.0 cm³/mol. The van der Waals surface area contributed by atoms with Crippen molar-refractivity contribution >= 4 is 33.6 Å². The summed E-state index contributed by atoms with van der Waals surface area (Å²) in [5.41, 5.74) is 0.741. The number of sulfonamides is 1. The van der Waals surface area contributed by atoms with Crippen LogP contribution < -0.4 is 0 Å². The van der Waals surface area contributed by atoms with Crippen LogP contribution >= 0.6 is 11.6 Å². The van der Waals surface area contributed by atoms with Gasteiger partial charge in [-0.3, -0.25) is 4.79 Å². The Morgan fingerprint density at radius 2 is 2.10 bits per heavy atom. The summed E-state index contributed by atoms with van der Waals surface area (Å²) in [4.78, 5) is 11.8. The Balaban J connectivity index is 2.75. The topological polar surface area (TPSA) is 54.5 Å². The number of benzene rings is 1. The largest absolute Gasteiger partial charge is 0.269 e. The van der Waals surface area contributed by atoms with Crippen LogP contribution in [0.25, 0.3) is 6.08 Å². The minimum atomic E-state index is -3.53. The average Bonchev–Trinajstić information content (AvgIpc) is 2.42. The summed E-state index contributed by atoms with van der Waals surface area (Å²) in [6.07, 6.45) is 4.08. The smallest absolute Gasteiger partial charge is 0.259 e. The van der Waals surface area contributed by atoms with Gasteiger partial charge in [0.1, 0.15) is 0 Å². The Hall–Kier alpha value is -1.33. The number of likely N-dealkylation sites (N-methyl/N-ethyl adjacent to an activating group) is 1. The van der Waals surface area contributed by atoms with Crippen LogP contribution in [0, 0.1) is 0 Å². The summed E-state index contributed by atoms with van der Waals surface area (Å²) < 4.78 is 24.5. The van der Waals surface area contributed by atoms with E-state index in [9.17, 15) is 13.2 Å². The zero-order chi connectivity index (χ0) is 15.2. The van der Waals surface area contributed by atoms with Crippen molar-refractivity contribution in [3.63, 3.8) is 0 Å². The van der Waals surface area contributed by atoms with Crippen LogP contribution in [-0.2, 0) is 14.8 Å². The van der Waals surface area contributed by atoms with Crippen molar-refractivity contribution in [2.24, 2.45) is 0 Å². The molecule has 1 amide bonds. The molecule has 1 aromatic carbocycles. The first-order valence-corrected chi connectivity index (χ1v) is 8.29. The van der Waals surface area contributed by atoms with E-state index in [0.717, 1.165) is 16.3 Å². The number of unbranched alkanes of at least 4 members (excludes halogenated alkanes) is 1. The van der Waals surface area contributed by atoms with Gasteiger partial charge in [0, 0.05) is 18.1 Å². The predicted octanol–water partition coefficient (Wildman–Crippen LogP) is 2.94. The Morgan fingerprint density at radius 3 is 2.70 bits per heavy atom.